The molecule has 0 bridgehead atoms. The number of H-pyrrole nitrogens is 1. The zero-order valence-corrected chi connectivity index (χ0v) is 6.63. The topological polar surface area (TPSA) is 42.1 Å². The summed E-state index contributed by atoms with van der Waals surface area (Å²) in [6, 6.07) is 2.88. The molecule has 0 aliphatic heterocycles. The van der Waals surface area contributed by atoms with Crippen LogP contribution in [0, 0.1) is 0 Å². The fourth-order valence-corrected chi connectivity index (χ4v) is 0.747. The zero-order chi connectivity index (χ0) is 8.27. The molecule has 60 valence electrons. The van der Waals surface area contributed by atoms with Crippen LogP contribution in [0.3, 0.4) is 0 Å². The molecule has 0 fully saturated rings. The number of nitrogens with one attached hydrogen (secondary N) is 1. The number of pyridine rings is 1. The number of aromatic nitrogens is 1. The maximum absolute atomic E-state index is 10.8. The van der Waals surface area contributed by atoms with Crippen molar-refractivity contribution in [2.75, 3.05) is 0 Å². The van der Waals surface area contributed by atoms with Crippen LogP contribution in [0.4, 0.5) is 0 Å². The van der Waals surface area contributed by atoms with Crippen LogP contribution in [0.15, 0.2) is 23.1 Å². The van der Waals surface area contributed by atoms with Gasteiger partial charge in [-0.3, -0.25) is 4.79 Å². The van der Waals surface area contributed by atoms with Crippen molar-refractivity contribution in [3.05, 3.63) is 28.6 Å². The number of hydrogen-bond acceptors (Lipinski definition) is 2. The number of ether oxygens (including phenoxy) is 1. The summed E-state index contributed by atoms with van der Waals surface area (Å²) in [6.07, 6.45) is 1.66. The van der Waals surface area contributed by atoms with Crippen molar-refractivity contribution in [2.45, 2.75) is 20.0 Å². The maximum Gasteiger partial charge on any atom is 0.194 e. The molecular formula is C8H11NO2. The fraction of sp³-hybridized carbons (Fsp3) is 0.375. The summed E-state index contributed by atoms with van der Waals surface area (Å²) in [5.74, 6) is 0.521. The molecule has 0 spiro atoms. The monoisotopic (exact) mass is 153 g/mol. The quantitative estimate of drug-likeness (QED) is 0.692. The second-order valence-electron chi connectivity index (χ2n) is 2.56. The molecule has 1 N–H and O–H groups in total. The molecule has 11 heavy (non-hydrogen) atoms. The lowest BCUT2D eigenvalue weighted by Gasteiger charge is -2.07. The van der Waals surface area contributed by atoms with E-state index in [1.165, 1.54) is 12.1 Å². The van der Waals surface area contributed by atoms with Crippen LogP contribution in [0.1, 0.15) is 13.8 Å². The molecule has 1 aromatic heterocycles. The molecule has 1 rings (SSSR count). The van der Waals surface area contributed by atoms with Gasteiger partial charge in [0.1, 0.15) is 0 Å². The summed E-state index contributed by atoms with van der Waals surface area (Å²) in [7, 11) is 0. The van der Waals surface area contributed by atoms with Gasteiger partial charge in [-0.05, 0) is 13.8 Å². The first kappa shape index (κ1) is 7.85. The van der Waals surface area contributed by atoms with E-state index in [1.807, 2.05) is 13.8 Å². The maximum atomic E-state index is 10.8. The highest BCUT2D eigenvalue weighted by Crippen LogP contribution is 2.02. The fourth-order valence-electron chi connectivity index (χ4n) is 0.747. The van der Waals surface area contributed by atoms with E-state index in [0.29, 0.717) is 5.88 Å². The van der Waals surface area contributed by atoms with Gasteiger partial charge in [0.25, 0.3) is 0 Å². The normalized spacial score (nSPS) is 10.1. The highest BCUT2D eigenvalue weighted by molar-refractivity contribution is 5.09. The van der Waals surface area contributed by atoms with Crippen LogP contribution < -0.4 is 10.2 Å². The van der Waals surface area contributed by atoms with Crippen LogP contribution in [0.25, 0.3) is 0 Å². The molecule has 0 saturated carbocycles. The van der Waals surface area contributed by atoms with Gasteiger partial charge in [-0.15, -0.1) is 0 Å². The highest BCUT2D eigenvalue weighted by Gasteiger charge is 1.96. The van der Waals surface area contributed by atoms with Crippen LogP contribution >= 0.6 is 0 Å². The van der Waals surface area contributed by atoms with Crippen molar-refractivity contribution in [2.24, 2.45) is 0 Å². The Balaban J connectivity index is 2.80. The van der Waals surface area contributed by atoms with E-state index < -0.39 is 0 Å². The Kier molecular flexibility index (Phi) is 2.31. The molecule has 1 heterocycles. The van der Waals surface area contributed by atoms with Gasteiger partial charge in [-0.25, -0.2) is 0 Å². The molecule has 0 aliphatic rings. The van der Waals surface area contributed by atoms with Crippen LogP contribution in [-0.2, 0) is 0 Å². The zero-order valence-electron chi connectivity index (χ0n) is 6.63. The minimum Gasteiger partial charge on any atom is -0.476 e. The lowest BCUT2D eigenvalue weighted by atomic mass is 10.4. The summed E-state index contributed by atoms with van der Waals surface area (Å²) in [5, 5.41) is 0. The molecular weight excluding hydrogens is 142 g/mol. The Bertz CT molecular complexity index is 277. The summed E-state index contributed by atoms with van der Waals surface area (Å²) < 4.78 is 5.24. The van der Waals surface area contributed by atoms with E-state index in [0.717, 1.165) is 0 Å². The number of hydrogen-bond donors (Lipinski definition) is 1. The summed E-state index contributed by atoms with van der Waals surface area (Å²) >= 11 is 0. The van der Waals surface area contributed by atoms with E-state index >= 15 is 0 Å². The van der Waals surface area contributed by atoms with Crippen molar-refractivity contribution in [3.63, 3.8) is 0 Å². The van der Waals surface area contributed by atoms with Gasteiger partial charge in [-0.2, -0.15) is 0 Å². The van der Waals surface area contributed by atoms with E-state index in [1.54, 1.807) is 6.20 Å². The van der Waals surface area contributed by atoms with E-state index in [9.17, 15) is 4.79 Å². The van der Waals surface area contributed by atoms with E-state index in [2.05, 4.69) is 4.98 Å². The largest absolute Gasteiger partial charge is 0.476 e. The third-order valence-electron chi connectivity index (χ3n) is 1.11. The Morgan fingerprint density at radius 3 is 2.82 bits per heavy atom. The number of rotatable bonds is 2. The molecule has 0 amide bonds. The predicted molar refractivity (Wildman–Crippen MR) is 42.8 cm³/mol. The third kappa shape index (κ3) is 2.45. The molecule has 0 radical (unpaired) electrons. The van der Waals surface area contributed by atoms with E-state index in [-0.39, 0.29) is 11.5 Å². The average molecular weight is 153 g/mol. The SMILES string of the molecule is CC(C)Oc1cc(=O)cc[nH]1. The Morgan fingerprint density at radius 2 is 2.27 bits per heavy atom. The predicted octanol–water partition coefficient (Wildman–Crippen LogP) is 1.16. The first-order valence-electron chi connectivity index (χ1n) is 3.54. The second-order valence-corrected chi connectivity index (χ2v) is 2.56. The van der Waals surface area contributed by atoms with Gasteiger partial charge in [0, 0.05) is 18.3 Å². The molecule has 0 aromatic carbocycles. The molecule has 3 heteroatoms. The molecule has 3 nitrogen and oxygen atoms in total. The Labute approximate surface area is 65.0 Å². The lowest BCUT2D eigenvalue weighted by molar-refractivity contribution is 0.232. The lowest BCUT2D eigenvalue weighted by Crippen LogP contribution is -2.09. The van der Waals surface area contributed by atoms with Crippen LogP contribution in [0.2, 0.25) is 0 Å². The van der Waals surface area contributed by atoms with Crippen molar-refractivity contribution in [1.82, 2.24) is 4.98 Å². The Morgan fingerprint density at radius 1 is 1.55 bits per heavy atom. The first-order chi connectivity index (χ1) is 5.18. The first-order valence-corrected chi connectivity index (χ1v) is 3.54. The minimum atomic E-state index is -0.0422. The highest BCUT2D eigenvalue weighted by atomic mass is 16.5. The van der Waals surface area contributed by atoms with Crippen molar-refractivity contribution < 1.29 is 4.74 Å². The van der Waals surface area contributed by atoms with Gasteiger partial charge in [0.15, 0.2) is 11.3 Å². The summed E-state index contributed by atoms with van der Waals surface area (Å²) in [4.78, 5) is 13.6. The van der Waals surface area contributed by atoms with E-state index in [4.69, 9.17) is 4.74 Å². The molecule has 0 atom stereocenters. The van der Waals surface area contributed by atoms with Gasteiger partial charge in [0.05, 0.1) is 6.10 Å². The summed E-state index contributed by atoms with van der Waals surface area (Å²) in [5.41, 5.74) is -0.0422. The Hall–Kier alpha value is -1.25. The number of aromatic amines is 1. The van der Waals surface area contributed by atoms with Gasteiger partial charge in [0.2, 0.25) is 0 Å². The molecule has 0 unspecified atom stereocenters. The second kappa shape index (κ2) is 3.23. The van der Waals surface area contributed by atoms with Crippen molar-refractivity contribution in [1.29, 1.82) is 0 Å². The molecule has 0 saturated heterocycles. The summed E-state index contributed by atoms with van der Waals surface area (Å²) in [6.45, 7) is 3.82. The standard InChI is InChI=1S/C8H11NO2/c1-6(2)11-8-5-7(10)3-4-9-8/h3-6H,1-2H3,(H,9,10). The van der Waals surface area contributed by atoms with Crippen LogP contribution in [0.5, 0.6) is 5.88 Å². The van der Waals surface area contributed by atoms with Gasteiger partial charge < -0.3 is 9.72 Å². The molecule has 0 aliphatic carbocycles. The minimum absolute atomic E-state index is 0.0422. The smallest absolute Gasteiger partial charge is 0.194 e. The third-order valence-corrected chi connectivity index (χ3v) is 1.11. The van der Waals surface area contributed by atoms with Gasteiger partial charge in [-0.1, -0.05) is 0 Å². The van der Waals surface area contributed by atoms with Crippen molar-refractivity contribution >= 4 is 0 Å². The average Bonchev–Trinajstić information content (AvgIpc) is 1.85. The van der Waals surface area contributed by atoms with Gasteiger partial charge >= 0.3 is 0 Å². The van der Waals surface area contributed by atoms with Crippen molar-refractivity contribution in [3.8, 4) is 5.88 Å². The van der Waals surface area contributed by atoms with Crippen LogP contribution in [-0.4, -0.2) is 11.1 Å². The molecule has 1 aromatic rings.